The highest BCUT2D eigenvalue weighted by atomic mass is 16.5. The van der Waals surface area contributed by atoms with Crippen LogP contribution in [0.5, 0.6) is 11.5 Å². The topological polar surface area (TPSA) is 100 Å². The summed E-state index contributed by atoms with van der Waals surface area (Å²) in [6.45, 7) is 5.72. The summed E-state index contributed by atoms with van der Waals surface area (Å²) in [5.41, 5.74) is 1.20. The second-order valence-corrected chi connectivity index (χ2v) is 8.34. The van der Waals surface area contributed by atoms with Crippen LogP contribution in [0.2, 0.25) is 0 Å². The van der Waals surface area contributed by atoms with Crippen LogP contribution in [0.3, 0.4) is 0 Å². The van der Waals surface area contributed by atoms with Crippen LogP contribution < -0.4 is 20.1 Å². The lowest BCUT2D eigenvalue weighted by Gasteiger charge is -2.31. The van der Waals surface area contributed by atoms with Crippen LogP contribution in [0.1, 0.15) is 32.4 Å². The number of carbonyl (C=O) groups excluding carboxylic acids is 3. The molecule has 2 heterocycles. The van der Waals surface area contributed by atoms with Crippen molar-refractivity contribution < 1.29 is 23.9 Å². The molecule has 0 saturated carbocycles. The van der Waals surface area contributed by atoms with Crippen LogP contribution in [-0.4, -0.2) is 67.5 Å². The minimum Gasteiger partial charge on any atom is -0.493 e. The first-order valence-electron chi connectivity index (χ1n) is 9.65. The van der Waals surface area contributed by atoms with Gasteiger partial charge in [0.1, 0.15) is 6.54 Å². The van der Waals surface area contributed by atoms with E-state index < -0.39 is 11.6 Å². The van der Waals surface area contributed by atoms with Crippen LogP contribution in [0.25, 0.3) is 0 Å². The minimum absolute atomic E-state index is 0.0902. The van der Waals surface area contributed by atoms with Gasteiger partial charge in [-0.1, -0.05) is 12.1 Å². The molecule has 162 valence electrons. The molecule has 30 heavy (non-hydrogen) atoms. The summed E-state index contributed by atoms with van der Waals surface area (Å²) in [5, 5.41) is 5.73. The number of carbonyl (C=O) groups is 3. The van der Waals surface area contributed by atoms with Crippen LogP contribution >= 0.6 is 0 Å². The molecular formula is C21H28N4O5. The number of benzene rings is 1. The maximum atomic E-state index is 13.3. The molecule has 0 aliphatic carbocycles. The Balaban J connectivity index is 1.96. The molecule has 0 saturated heterocycles. The number of nitrogens with one attached hydrogen (secondary N) is 2. The van der Waals surface area contributed by atoms with Gasteiger partial charge in [-0.3, -0.25) is 14.5 Å². The first kappa shape index (κ1) is 21.5. The van der Waals surface area contributed by atoms with Gasteiger partial charge in [0.15, 0.2) is 11.5 Å². The van der Waals surface area contributed by atoms with Gasteiger partial charge in [0.05, 0.1) is 38.1 Å². The molecule has 2 aliphatic rings. The molecule has 1 atom stereocenters. The van der Waals surface area contributed by atoms with Crippen LogP contribution in [-0.2, 0) is 9.59 Å². The van der Waals surface area contributed by atoms with Gasteiger partial charge in [-0.25, -0.2) is 4.79 Å². The monoisotopic (exact) mass is 416 g/mol. The summed E-state index contributed by atoms with van der Waals surface area (Å²) < 4.78 is 10.9. The Morgan fingerprint density at radius 3 is 2.53 bits per heavy atom. The lowest BCUT2D eigenvalue weighted by Crippen LogP contribution is -2.46. The van der Waals surface area contributed by atoms with Crippen molar-refractivity contribution in [3.8, 4) is 11.5 Å². The molecular weight excluding hydrogens is 388 g/mol. The third-order valence-electron chi connectivity index (χ3n) is 5.03. The van der Waals surface area contributed by atoms with Gasteiger partial charge in [-0.15, -0.1) is 0 Å². The van der Waals surface area contributed by atoms with E-state index in [1.807, 2.05) is 20.8 Å². The van der Waals surface area contributed by atoms with Crippen molar-refractivity contribution in [1.29, 1.82) is 0 Å². The van der Waals surface area contributed by atoms with Gasteiger partial charge in [0.25, 0.3) is 5.91 Å². The molecule has 9 heteroatoms. The van der Waals surface area contributed by atoms with Gasteiger partial charge in [-0.2, -0.15) is 0 Å². The number of hydrogen-bond donors (Lipinski definition) is 2. The summed E-state index contributed by atoms with van der Waals surface area (Å²) in [6, 6.07) is 4.25. The van der Waals surface area contributed by atoms with Crippen molar-refractivity contribution >= 4 is 17.8 Å². The quantitative estimate of drug-likeness (QED) is 0.756. The van der Waals surface area contributed by atoms with E-state index >= 15 is 0 Å². The molecule has 3 rings (SSSR count). The van der Waals surface area contributed by atoms with Gasteiger partial charge >= 0.3 is 6.03 Å². The summed E-state index contributed by atoms with van der Waals surface area (Å²) in [5.74, 6) is 0.388. The summed E-state index contributed by atoms with van der Waals surface area (Å²) >= 11 is 0. The summed E-state index contributed by atoms with van der Waals surface area (Å²) in [4.78, 5) is 41.1. The zero-order valence-corrected chi connectivity index (χ0v) is 18.2. The SMILES string of the molecule is COc1cccc([C@H]2NC(=O)N(C)C3=C2C(=O)N(CC(=O)NC(C)(C)C)C3)c1OC. The van der Waals surface area contributed by atoms with E-state index in [1.54, 1.807) is 25.2 Å². The summed E-state index contributed by atoms with van der Waals surface area (Å²) in [6.07, 6.45) is 0. The summed E-state index contributed by atoms with van der Waals surface area (Å²) in [7, 11) is 4.64. The molecule has 0 unspecified atom stereocenters. The van der Waals surface area contributed by atoms with Crippen molar-refractivity contribution in [2.75, 3.05) is 34.4 Å². The zero-order valence-electron chi connectivity index (χ0n) is 18.2. The molecule has 0 fully saturated rings. The van der Waals surface area contributed by atoms with E-state index in [2.05, 4.69) is 10.6 Å². The van der Waals surface area contributed by atoms with Crippen molar-refractivity contribution in [3.05, 3.63) is 35.0 Å². The van der Waals surface area contributed by atoms with Crippen molar-refractivity contribution in [3.63, 3.8) is 0 Å². The average Bonchev–Trinajstić information content (AvgIpc) is 2.99. The predicted octanol–water partition coefficient (Wildman–Crippen LogP) is 1.41. The molecule has 1 aromatic carbocycles. The molecule has 1 aromatic rings. The van der Waals surface area contributed by atoms with Crippen molar-refractivity contribution in [2.45, 2.75) is 32.4 Å². The third-order valence-corrected chi connectivity index (χ3v) is 5.03. The fourth-order valence-corrected chi connectivity index (χ4v) is 3.75. The zero-order chi connectivity index (χ0) is 22.2. The molecule has 0 bridgehead atoms. The molecule has 2 N–H and O–H groups in total. The molecule has 0 aromatic heterocycles. The number of amides is 4. The third kappa shape index (κ3) is 3.92. The Hall–Kier alpha value is -3.23. The van der Waals surface area contributed by atoms with Crippen LogP contribution in [0, 0.1) is 0 Å². The number of para-hydroxylation sites is 1. The number of nitrogens with zero attached hydrogens (tertiary/aromatic N) is 2. The fraction of sp³-hybridized carbons (Fsp3) is 0.476. The normalized spacial score (nSPS) is 18.9. The van der Waals surface area contributed by atoms with E-state index in [-0.39, 0.29) is 30.9 Å². The maximum Gasteiger partial charge on any atom is 0.322 e. The fourth-order valence-electron chi connectivity index (χ4n) is 3.75. The van der Waals surface area contributed by atoms with Gasteiger partial charge in [0, 0.05) is 18.2 Å². The number of likely N-dealkylation sites (N-methyl/N-ethyl adjacent to an activating group) is 1. The Kier molecular flexibility index (Phi) is 5.65. The molecule has 2 aliphatic heterocycles. The van der Waals surface area contributed by atoms with Gasteiger partial charge < -0.3 is 25.0 Å². The highest BCUT2D eigenvalue weighted by molar-refractivity contribution is 6.03. The van der Waals surface area contributed by atoms with E-state index in [0.717, 1.165) is 0 Å². The Morgan fingerprint density at radius 2 is 1.93 bits per heavy atom. The van der Waals surface area contributed by atoms with E-state index in [4.69, 9.17) is 9.47 Å². The minimum atomic E-state index is -0.711. The number of hydrogen-bond acceptors (Lipinski definition) is 5. The lowest BCUT2D eigenvalue weighted by molar-refractivity contribution is -0.132. The number of urea groups is 1. The van der Waals surface area contributed by atoms with Crippen LogP contribution in [0.15, 0.2) is 29.5 Å². The van der Waals surface area contributed by atoms with Gasteiger partial charge in [0.2, 0.25) is 5.91 Å². The molecule has 0 spiro atoms. The standard InChI is InChI=1S/C21H28N4O5/c1-21(2,3)23-15(26)11-25-10-13-16(19(25)27)17(22-20(28)24(13)4)12-8-7-9-14(29-5)18(12)30-6/h7-9,17H,10-11H2,1-6H3,(H,22,28)(H,23,26)/t17-/m1/s1. The lowest BCUT2D eigenvalue weighted by atomic mass is 9.94. The van der Waals surface area contributed by atoms with Crippen LogP contribution in [0.4, 0.5) is 4.79 Å². The Morgan fingerprint density at radius 1 is 1.23 bits per heavy atom. The average molecular weight is 416 g/mol. The maximum absolute atomic E-state index is 13.3. The largest absolute Gasteiger partial charge is 0.493 e. The molecule has 9 nitrogen and oxygen atoms in total. The van der Waals surface area contributed by atoms with Crippen molar-refractivity contribution in [2.24, 2.45) is 0 Å². The van der Waals surface area contributed by atoms with E-state index in [9.17, 15) is 14.4 Å². The first-order valence-corrected chi connectivity index (χ1v) is 9.65. The Labute approximate surface area is 176 Å². The number of rotatable bonds is 5. The second-order valence-electron chi connectivity index (χ2n) is 8.34. The van der Waals surface area contributed by atoms with Crippen molar-refractivity contribution in [1.82, 2.24) is 20.4 Å². The van der Waals surface area contributed by atoms with Gasteiger partial charge in [-0.05, 0) is 26.8 Å². The number of methoxy groups -OCH3 is 2. The highest BCUT2D eigenvalue weighted by Crippen LogP contribution is 2.42. The smallest absolute Gasteiger partial charge is 0.322 e. The first-order chi connectivity index (χ1) is 14.1. The Bertz CT molecular complexity index is 918. The number of ether oxygens (including phenoxy) is 2. The second kappa shape index (κ2) is 7.89. The predicted molar refractivity (Wildman–Crippen MR) is 110 cm³/mol. The highest BCUT2D eigenvalue weighted by Gasteiger charge is 2.44. The molecule has 0 radical (unpaired) electrons. The van der Waals surface area contributed by atoms with E-state index in [0.29, 0.717) is 28.3 Å². The molecule has 4 amide bonds. The van der Waals surface area contributed by atoms with E-state index in [1.165, 1.54) is 24.0 Å².